The molecule has 0 fully saturated rings. The Morgan fingerprint density at radius 3 is 0.709 bits per heavy atom. The molecule has 10 aromatic rings. The highest BCUT2D eigenvalue weighted by atomic mass is 16.3. The second-order valence-electron chi connectivity index (χ2n) is 24.7. The number of aromatic hydroxyl groups is 9. The van der Waals surface area contributed by atoms with E-state index in [9.17, 15) is 46.0 Å². The smallest absolute Gasteiger partial charge is 0.122 e. The van der Waals surface area contributed by atoms with E-state index in [1.807, 2.05) is 172 Å². The van der Waals surface area contributed by atoms with Gasteiger partial charge in [0.05, 0.1) is 0 Å². The lowest BCUT2D eigenvalue weighted by Crippen LogP contribution is -2.27. The monoisotopic (exact) mass is 1140 g/mol. The molecule has 0 aromatic heterocycles. The molecule has 0 atom stereocenters. The molecule has 9 nitrogen and oxygen atoms in total. The highest BCUT2D eigenvalue weighted by molar-refractivity contribution is 5.67. The summed E-state index contributed by atoms with van der Waals surface area (Å²) in [5, 5.41) is 107. The zero-order chi connectivity index (χ0) is 62.0. The van der Waals surface area contributed by atoms with Crippen molar-refractivity contribution in [1.29, 1.82) is 0 Å². The quantitative estimate of drug-likeness (QED) is 0.0479. The van der Waals surface area contributed by atoms with Gasteiger partial charge in [0.2, 0.25) is 0 Å². The number of phenols is 9. The molecule has 0 aliphatic carbocycles. The maximum Gasteiger partial charge on any atom is 0.122 e. The van der Waals surface area contributed by atoms with Crippen molar-refractivity contribution in [1.82, 2.24) is 0 Å². The molecule has 0 radical (unpaired) electrons. The number of benzene rings is 10. The van der Waals surface area contributed by atoms with Gasteiger partial charge in [-0.1, -0.05) is 169 Å². The summed E-state index contributed by atoms with van der Waals surface area (Å²) in [6.45, 7) is 23.5. The Bertz CT molecular complexity index is 3970. The molecule has 0 aliphatic heterocycles. The lowest BCUT2D eigenvalue weighted by molar-refractivity contribution is 0.446. The second kappa shape index (κ2) is 22.8. The van der Waals surface area contributed by atoms with Gasteiger partial charge < -0.3 is 46.0 Å². The van der Waals surface area contributed by atoms with E-state index in [-0.39, 0.29) is 51.7 Å². The minimum absolute atomic E-state index is 0.0124. The van der Waals surface area contributed by atoms with Crippen molar-refractivity contribution in [2.24, 2.45) is 0 Å². The van der Waals surface area contributed by atoms with Gasteiger partial charge in [-0.25, -0.2) is 0 Å². The number of hydrogen-bond acceptors (Lipinski definition) is 9. The van der Waals surface area contributed by atoms with Crippen LogP contribution in [0.4, 0.5) is 0 Å². The fourth-order valence-corrected chi connectivity index (χ4v) is 12.8. The van der Waals surface area contributed by atoms with E-state index < -0.39 is 28.6 Å². The van der Waals surface area contributed by atoms with E-state index in [0.29, 0.717) is 66.8 Å². The summed E-state index contributed by atoms with van der Waals surface area (Å²) in [4.78, 5) is 0. The van der Waals surface area contributed by atoms with Crippen LogP contribution in [0.3, 0.4) is 0 Å². The Labute approximate surface area is 504 Å². The molecule has 0 saturated carbocycles. The highest BCUT2D eigenvalue weighted by Crippen LogP contribution is 2.53. The molecular formula is C77H76O9. The van der Waals surface area contributed by atoms with Crippen molar-refractivity contribution in [2.75, 3.05) is 0 Å². The molecule has 9 N–H and O–H groups in total. The molecule has 86 heavy (non-hydrogen) atoms. The average Bonchev–Trinajstić information content (AvgIpc) is 0.894. The van der Waals surface area contributed by atoms with E-state index >= 15 is 0 Å². The van der Waals surface area contributed by atoms with Gasteiger partial charge in [-0.2, -0.15) is 0 Å². The normalized spacial score (nSPS) is 12.0. The first-order valence-corrected chi connectivity index (χ1v) is 29.1. The van der Waals surface area contributed by atoms with Crippen molar-refractivity contribution >= 4 is 0 Å². The van der Waals surface area contributed by atoms with Gasteiger partial charge in [-0.05, 0) is 162 Å². The summed E-state index contributed by atoms with van der Waals surface area (Å²) in [6.07, 6.45) is 0. The third kappa shape index (κ3) is 10.8. The second-order valence-corrected chi connectivity index (χ2v) is 24.7. The maximum absolute atomic E-state index is 12.5. The number of aryl methyl sites for hydroxylation is 9. The molecular weight excluding hydrogens is 1070 g/mol. The lowest BCUT2D eigenvalue weighted by atomic mass is 9.67. The van der Waals surface area contributed by atoms with Crippen LogP contribution in [0.1, 0.15) is 166 Å². The third-order valence-corrected chi connectivity index (χ3v) is 17.9. The van der Waals surface area contributed by atoms with Gasteiger partial charge in [-0.3, -0.25) is 0 Å². The molecule has 0 heterocycles. The summed E-state index contributed by atoms with van der Waals surface area (Å²) >= 11 is 0. The van der Waals surface area contributed by atoms with Crippen LogP contribution in [0, 0.1) is 62.3 Å². The summed E-state index contributed by atoms with van der Waals surface area (Å²) < 4.78 is 0. The molecule has 9 heteroatoms. The first-order valence-electron chi connectivity index (χ1n) is 29.1. The van der Waals surface area contributed by atoms with Gasteiger partial charge in [0.25, 0.3) is 0 Å². The van der Waals surface area contributed by atoms with E-state index in [0.717, 1.165) is 61.2 Å². The maximum atomic E-state index is 12.5. The predicted molar refractivity (Wildman–Crippen MR) is 343 cm³/mol. The molecule has 0 spiro atoms. The van der Waals surface area contributed by atoms with Crippen molar-refractivity contribution in [3.63, 3.8) is 0 Å². The van der Waals surface area contributed by atoms with E-state index in [1.54, 1.807) is 36.4 Å². The van der Waals surface area contributed by atoms with Crippen molar-refractivity contribution in [3.05, 3.63) is 298 Å². The van der Waals surface area contributed by atoms with Crippen LogP contribution >= 0.6 is 0 Å². The molecule has 0 saturated heterocycles. The number of hydrogen-bond donors (Lipinski definition) is 9. The van der Waals surface area contributed by atoms with Crippen LogP contribution in [0.25, 0.3) is 0 Å². The fraction of sp³-hybridized carbons (Fsp3) is 0.221. The molecule has 438 valence electrons. The topological polar surface area (TPSA) is 182 Å². The fourth-order valence-electron chi connectivity index (χ4n) is 12.8. The average molecular weight is 1150 g/mol. The Hall–Kier alpha value is -9.60. The van der Waals surface area contributed by atoms with Crippen LogP contribution in [0.2, 0.25) is 0 Å². The summed E-state index contributed by atoms with van der Waals surface area (Å²) in [6, 6.07) is 52.0. The van der Waals surface area contributed by atoms with Crippen LogP contribution in [-0.4, -0.2) is 46.0 Å². The van der Waals surface area contributed by atoms with Gasteiger partial charge >= 0.3 is 0 Å². The first kappa shape index (κ1) is 59.6. The van der Waals surface area contributed by atoms with Crippen LogP contribution < -0.4 is 0 Å². The van der Waals surface area contributed by atoms with Crippen molar-refractivity contribution in [3.8, 4) is 51.7 Å². The SMILES string of the molecule is Cc1ccc(O)c(C(c2cc(C)ccc2O)c2cc(C(C)(C)c3ccc(C(C)(c4cc(C)c(O)c(C(c5cc(C)ccc5O)c5cc(C)ccc5O)c4)c4cc(C)c(O)c(C(c5cc(C)ccc5O)c5cc(C)ccc5O)c4)cc3)cc(C)c2O)c1. The van der Waals surface area contributed by atoms with Gasteiger partial charge in [-0.15, -0.1) is 0 Å². The Morgan fingerprint density at radius 1 is 0.233 bits per heavy atom. The summed E-state index contributed by atoms with van der Waals surface area (Å²) in [5.74, 6) is -2.46. The van der Waals surface area contributed by atoms with Gasteiger partial charge in [0.15, 0.2) is 0 Å². The van der Waals surface area contributed by atoms with Crippen LogP contribution in [-0.2, 0) is 10.8 Å². The molecule has 0 bridgehead atoms. The lowest BCUT2D eigenvalue weighted by Gasteiger charge is -2.36. The molecule has 0 amide bonds. The predicted octanol–water partition coefficient (Wildman–Crippen LogP) is 17.0. The van der Waals surface area contributed by atoms with Crippen molar-refractivity contribution in [2.45, 2.75) is 112 Å². The molecule has 0 unspecified atom stereocenters. The Kier molecular flexibility index (Phi) is 15.8. The molecule has 0 aliphatic rings. The zero-order valence-corrected chi connectivity index (χ0v) is 50.9. The minimum atomic E-state index is -1.15. The van der Waals surface area contributed by atoms with Crippen LogP contribution in [0.5, 0.6) is 51.7 Å². The van der Waals surface area contributed by atoms with Gasteiger partial charge in [0.1, 0.15) is 51.7 Å². The number of rotatable bonds is 14. The van der Waals surface area contributed by atoms with E-state index in [2.05, 4.69) is 45.0 Å². The van der Waals surface area contributed by atoms with Crippen LogP contribution in [0.15, 0.2) is 170 Å². The first-order chi connectivity index (χ1) is 40.7. The zero-order valence-electron chi connectivity index (χ0n) is 50.9. The van der Waals surface area contributed by atoms with Crippen molar-refractivity contribution < 1.29 is 46.0 Å². The standard InChI is InChI=1S/C77H76O9/c1-41-13-23-64(78)55(29-41)70(56-30-42(2)14-24-65(56)79)61-38-52(35-47(7)73(61)84)76(10,11)50-19-21-51(22-20-50)77(12,53-36-48(8)74(85)62(39-53)71(57-31-43(3)15-25-66(57)80)58-32-44(4)16-26-67(58)81)54-37-49(9)75(86)63(40-54)72(59-33-45(5)17-27-68(59)82)60-34-46(6)18-28-69(60)83/h13-40,70-72,78-86H,1-12H3. The summed E-state index contributed by atoms with van der Waals surface area (Å²) in [5.41, 5.74) is 13.5. The third-order valence-electron chi connectivity index (χ3n) is 17.9. The van der Waals surface area contributed by atoms with E-state index in [1.165, 1.54) is 0 Å². The Morgan fingerprint density at radius 2 is 0.453 bits per heavy atom. The van der Waals surface area contributed by atoms with E-state index in [4.69, 9.17) is 0 Å². The Balaban J connectivity index is 1.22. The number of phenolic OH excluding ortho intramolecular Hbond substituents is 9. The minimum Gasteiger partial charge on any atom is -0.508 e. The molecule has 10 aromatic carbocycles. The largest absolute Gasteiger partial charge is 0.508 e. The molecule has 10 rings (SSSR count). The van der Waals surface area contributed by atoms with Gasteiger partial charge in [0, 0.05) is 78.7 Å². The summed E-state index contributed by atoms with van der Waals surface area (Å²) in [7, 11) is 0. The highest BCUT2D eigenvalue weighted by Gasteiger charge is 2.39.